The van der Waals surface area contributed by atoms with Gasteiger partial charge < -0.3 is 15.4 Å². The quantitative estimate of drug-likeness (QED) is 0.302. The highest BCUT2D eigenvalue weighted by molar-refractivity contribution is 14.0. The van der Waals surface area contributed by atoms with Gasteiger partial charge in [-0.25, -0.2) is 0 Å². The molecule has 0 atom stereocenters. The van der Waals surface area contributed by atoms with Crippen molar-refractivity contribution in [3.05, 3.63) is 34.9 Å². The standard InChI is InChI=1S/C23H37ClN4O.HI/c1-22(2,16-19-7-6-8-20(24)15-19)17-26-21(25-3)27-18-23(9-13-29-14-10-23)28-11-4-5-12-28;/h6-8,15H,4-5,9-14,16-18H2,1-3H3,(H2,25,26,27);1H. The number of hydrogen-bond donors (Lipinski definition) is 2. The van der Waals surface area contributed by atoms with Crippen molar-refractivity contribution in [2.24, 2.45) is 10.4 Å². The van der Waals surface area contributed by atoms with Gasteiger partial charge in [-0.1, -0.05) is 37.6 Å². The first-order valence-corrected chi connectivity index (χ1v) is 11.3. The molecule has 0 radical (unpaired) electrons. The summed E-state index contributed by atoms with van der Waals surface area (Å²) in [7, 11) is 1.85. The van der Waals surface area contributed by atoms with Crippen LogP contribution in [0.2, 0.25) is 5.02 Å². The molecule has 2 saturated heterocycles. The molecule has 5 nitrogen and oxygen atoms in total. The van der Waals surface area contributed by atoms with E-state index in [0.717, 1.165) is 56.5 Å². The molecule has 2 fully saturated rings. The van der Waals surface area contributed by atoms with Crippen molar-refractivity contribution in [3.63, 3.8) is 0 Å². The van der Waals surface area contributed by atoms with Gasteiger partial charge in [0.25, 0.3) is 0 Å². The predicted octanol–water partition coefficient (Wildman–Crippen LogP) is 4.34. The Bertz CT molecular complexity index is 686. The minimum atomic E-state index is 0. The first-order valence-electron chi connectivity index (χ1n) is 10.9. The van der Waals surface area contributed by atoms with E-state index >= 15 is 0 Å². The predicted molar refractivity (Wildman–Crippen MR) is 137 cm³/mol. The minimum absolute atomic E-state index is 0. The zero-order chi connectivity index (χ0) is 20.7. The highest BCUT2D eigenvalue weighted by atomic mass is 127. The number of ether oxygens (including phenoxy) is 1. The smallest absolute Gasteiger partial charge is 0.191 e. The lowest BCUT2D eigenvalue weighted by atomic mass is 9.85. The molecule has 170 valence electrons. The average molecular weight is 549 g/mol. The Balaban J connectivity index is 0.00000320. The maximum absolute atomic E-state index is 6.15. The van der Waals surface area contributed by atoms with Crippen molar-refractivity contribution in [2.75, 3.05) is 46.4 Å². The lowest BCUT2D eigenvalue weighted by Gasteiger charge is -2.45. The zero-order valence-corrected chi connectivity index (χ0v) is 21.8. The monoisotopic (exact) mass is 548 g/mol. The van der Waals surface area contributed by atoms with E-state index in [1.54, 1.807) is 0 Å². The van der Waals surface area contributed by atoms with Gasteiger partial charge in [-0.2, -0.15) is 0 Å². The summed E-state index contributed by atoms with van der Waals surface area (Å²) in [4.78, 5) is 7.16. The molecule has 2 heterocycles. The van der Waals surface area contributed by atoms with Crippen LogP contribution >= 0.6 is 35.6 Å². The molecule has 0 amide bonds. The third kappa shape index (κ3) is 7.24. The lowest BCUT2D eigenvalue weighted by molar-refractivity contribution is -0.0164. The molecule has 2 aliphatic heterocycles. The van der Waals surface area contributed by atoms with Gasteiger partial charge in [0.2, 0.25) is 0 Å². The number of aliphatic imine (C=N–C) groups is 1. The molecular formula is C23H38ClIN4O. The zero-order valence-electron chi connectivity index (χ0n) is 18.7. The van der Waals surface area contributed by atoms with E-state index in [2.05, 4.69) is 46.5 Å². The van der Waals surface area contributed by atoms with Crippen molar-refractivity contribution < 1.29 is 4.74 Å². The van der Waals surface area contributed by atoms with Gasteiger partial charge in [0, 0.05) is 43.9 Å². The van der Waals surface area contributed by atoms with Crippen LogP contribution in [0.4, 0.5) is 0 Å². The average Bonchev–Trinajstić information content (AvgIpc) is 3.24. The van der Waals surface area contributed by atoms with Gasteiger partial charge in [0.05, 0.1) is 0 Å². The highest BCUT2D eigenvalue weighted by Gasteiger charge is 2.39. The van der Waals surface area contributed by atoms with E-state index in [9.17, 15) is 0 Å². The summed E-state index contributed by atoms with van der Waals surface area (Å²) in [6.45, 7) is 10.5. The van der Waals surface area contributed by atoms with E-state index in [4.69, 9.17) is 16.3 Å². The largest absolute Gasteiger partial charge is 0.381 e. The Kier molecular flexibility index (Phi) is 10.2. The van der Waals surface area contributed by atoms with Gasteiger partial charge in [0.1, 0.15) is 0 Å². The lowest BCUT2D eigenvalue weighted by Crippen LogP contribution is -2.59. The van der Waals surface area contributed by atoms with Gasteiger partial charge in [-0.3, -0.25) is 9.89 Å². The van der Waals surface area contributed by atoms with Crippen molar-refractivity contribution >= 4 is 41.5 Å². The maximum Gasteiger partial charge on any atom is 0.191 e. The van der Waals surface area contributed by atoms with Crippen LogP contribution in [0.5, 0.6) is 0 Å². The first-order chi connectivity index (χ1) is 13.9. The third-order valence-electron chi connectivity index (χ3n) is 6.31. The summed E-state index contributed by atoms with van der Waals surface area (Å²) < 4.78 is 5.66. The number of likely N-dealkylation sites (tertiary alicyclic amines) is 1. The Morgan fingerprint density at radius 1 is 1.20 bits per heavy atom. The van der Waals surface area contributed by atoms with Crippen LogP contribution in [0.3, 0.4) is 0 Å². The molecular weight excluding hydrogens is 511 g/mol. The second-order valence-corrected chi connectivity index (χ2v) is 9.72. The summed E-state index contributed by atoms with van der Waals surface area (Å²) in [5, 5.41) is 7.97. The Labute approximate surface area is 204 Å². The number of benzene rings is 1. The summed E-state index contributed by atoms with van der Waals surface area (Å²) in [6.07, 6.45) is 5.78. The molecule has 3 rings (SSSR count). The molecule has 0 saturated carbocycles. The van der Waals surface area contributed by atoms with Crippen LogP contribution in [0.15, 0.2) is 29.3 Å². The summed E-state index contributed by atoms with van der Waals surface area (Å²) in [6, 6.07) is 8.15. The van der Waals surface area contributed by atoms with Crippen molar-refractivity contribution in [3.8, 4) is 0 Å². The molecule has 0 unspecified atom stereocenters. The SMILES string of the molecule is CN=C(NCC(C)(C)Cc1cccc(Cl)c1)NCC1(N2CCCC2)CCOCC1.I. The molecule has 0 aliphatic carbocycles. The maximum atomic E-state index is 6.15. The van der Waals surface area contributed by atoms with Crippen LogP contribution in [0.25, 0.3) is 0 Å². The van der Waals surface area contributed by atoms with Crippen LogP contribution in [0.1, 0.15) is 45.1 Å². The number of halogens is 2. The van der Waals surface area contributed by atoms with Crippen LogP contribution in [-0.4, -0.2) is 62.8 Å². The molecule has 30 heavy (non-hydrogen) atoms. The van der Waals surface area contributed by atoms with E-state index in [-0.39, 0.29) is 34.9 Å². The van der Waals surface area contributed by atoms with Crippen molar-refractivity contribution in [1.82, 2.24) is 15.5 Å². The van der Waals surface area contributed by atoms with Crippen molar-refractivity contribution in [1.29, 1.82) is 0 Å². The normalized spacial score (nSPS) is 19.9. The first kappa shape index (κ1) is 25.7. The summed E-state index contributed by atoms with van der Waals surface area (Å²) in [5.41, 5.74) is 1.55. The van der Waals surface area contributed by atoms with Crippen molar-refractivity contribution in [2.45, 2.75) is 51.5 Å². The summed E-state index contributed by atoms with van der Waals surface area (Å²) >= 11 is 6.15. The van der Waals surface area contributed by atoms with E-state index < -0.39 is 0 Å². The van der Waals surface area contributed by atoms with Gasteiger partial charge >= 0.3 is 0 Å². The number of rotatable bonds is 7. The fraction of sp³-hybridized carbons (Fsp3) is 0.696. The molecule has 2 aliphatic rings. The van der Waals surface area contributed by atoms with Gasteiger partial charge in [0.15, 0.2) is 5.96 Å². The van der Waals surface area contributed by atoms with Crippen LogP contribution in [-0.2, 0) is 11.2 Å². The molecule has 7 heteroatoms. The minimum Gasteiger partial charge on any atom is -0.381 e. The van der Waals surface area contributed by atoms with Crippen LogP contribution < -0.4 is 10.6 Å². The number of nitrogens with zero attached hydrogens (tertiary/aromatic N) is 2. The van der Waals surface area contributed by atoms with E-state index in [1.165, 1.54) is 31.5 Å². The molecule has 0 spiro atoms. The van der Waals surface area contributed by atoms with Crippen LogP contribution in [0, 0.1) is 5.41 Å². The summed E-state index contributed by atoms with van der Waals surface area (Å²) in [5.74, 6) is 0.884. The van der Waals surface area contributed by atoms with Gasteiger partial charge in [-0.05, 0) is 68.3 Å². The van der Waals surface area contributed by atoms with E-state index in [0.29, 0.717) is 0 Å². The van der Waals surface area contributed by atoms with E-state index in [1.807, 2.05) is 19.2 Å². The molecule has 1 aromatic rings. The fourth-order valence-electron chi connectivity index (χ4n) is 4.60. The second kappa shape index (κ2) is 11.9. The highest BCUT2D eigenvalue weighted by Crippen LogP contribution is 2.30. The van der Waals surface area contributed by atoms with Gasteiger partial charge in [-0.15, -0.1) is 24.0 Å². The number of guanidine groups is 1. The Hall–Kier alpha value is -0.570. The molecule has 1 aromatic carbocycles. The Morgan fingerprint density at radius 2 is 1.90 bits per heavy atom. The number of nitrogens with one attached hydrogen (secondary N) is 2. The molecule has 0 bridgehead atoms. The number of hydrogen-bond acceptors (Lipinski definition) is 3. The Morgan fingerprint density at radius 3 is 2.53 bits per heavy atom. The molecule has 0 aromatic heterocycles. The third-order valence-corrected chi connectivity index (χ3v) is 6.55. The topological polar surface area (TPSA) is 48.9 Å². The molecule has 2 N–H and O–H groups in total. The second-order valence-electron chi connectivity index (χ2n) is 9.28. The fourth-order valence-corrected chi connectivity index (χ4v) is 4.81.